The van der Waals surface area contributed by atoms with E-state index in [1.54, 1.807) is 0 Å². The van der Waals surface area contributed by atoms with Crippen molar-refractivity contribution in [2.45, 2.75) is 77.7 Å². The fourth-order valence-corrected chi connectivity index (χ4v) is 7.38. The van der Waals surface area contributed by atoms with Crippen molar-refractivity contribution in [2.75, 3.05) is 7.11 Å². The van der Waals surface area contributed by atoms with Crippen LogP contribution >= 0.6 is 0 Å². The third kappa shape index (κ3) is 1.92. The highest BCUT2D eigenvalue weighted by atomic mass is 16.5. The van der Waals surface area contributed by atoms with Crippen molar-refractivity contribution in [3.8, 4) is 0 Å². The first kappa shape index (κ1) is 15.2. The van der Waals surface area contributed by atoms with Gasteiger partial charge >= 0.3 is 0 Å². The molecule has 0 amide bonds. The number of hydrogen-bond acceptors (Lipinski definition) is 2. The molecule has 4 aliphatic carbocycles. The maximum absolute atomic E-state index is 11.9. The first-order valence-corrected chi connectivity index (χ1v) is 9.53. The summed E-state index contributed by atoms with van der Waals surface area (Å²) in [5, 5.41) is 0. The summed E-state index contributed by atoms with van der Waals surface area (Å²) in [5.41, 5.74) is 0.868. The highest BCUT2D eigenvalue weighted by Gasteiger charge is 2.60. The van der Waals surface area contributed by atoms with Gasteiger partial charge in [-0.05, 0) is 79.4 Å². The van der Waals surface area contributed by atoms with Gasteiger partial charge in [0.05, 0.1) is 6.10 Å². The summed E-state index contributed by atoms with van der Waals surface area (Å²) in [6.07, 6.45) is 11.4. The van der Waals surface area contributed by atoms with Crippen LogP contribution in [0, 0.1) is 34.5 Å². The van der Waals surface area contributed by atoms with Gasteiger partial charge in [0.15, 0.2) is 0 Å². The van der Waals surface area contributed by atoms with E-state index >= 15 is 0 Å². The normalized spacial score (nSPS) is 54.5. The van der Waals surface area contributed by atoms with E-state index in [9.17, 15) is 4.79 Å². The lowest BCUT2D eigenvalue weighted by Crippen LogP contribution is -2.54. The molecule has 2 heteroatoms. The van der Waals surface area contributed by atoms with E-state index in [0.29, 0.717) is 28.6 Å². The standard InChI is InChI=1S/C20H32O2/c1-19-10-8-14(21)12-13(19)4-5-15-16-6-7-18(22-3)20(16,2)11-9-17(15)19/h13,15-18H,4-12H2,1-3H3/t13-,15?,16?,17?,18?,19?,20?/m0/s1. The summed E-state index contributed by atoms with van der Waals surface area (Å²) in [7, 11) is 1.91. The molecule has 124 valence electrons. The molecule has 0 aromatic rings. The van der Waals surface area contributed by atoms with Gasteiger partial charge in [0, 0.05) is 20.0 Å². The fraction of sp³-hybridized carbons (Fsp3) is 0.950. The number of hydrogen-bond donors (Lipinski definition) is 0. The number of ether oxygens (including phenoxy) is 1. The summed E-state index contributed by atoms with van der Waals surface area (Å²) in [5.74, 6) is 3.84. The molecule has 22 heavy (non-hydrogen) atoms. The maximum atomic E-state index is 11.9. The van der Waals surface area contributed by atoms with E-state index in [2.05, 4.69) is 13.8 Å². The Kier molecular flexibility index (Phi) is 3.49. The molecule has 0 saturated heterocycles. The summed E-state index contributed by atoms with van der Waals surface area (Å²) < 4.78 is 5.86. The zero-order valence-corrected chi connectivity index (χ0v) is 14.6. The van der Waals surface area contributed by atoms with E-state index < -0.39 is 0 Å². The lowest BCUT2D eigenvalue weighted by molar-refractivity contribution is -0.143. The lowest BCUT2D eigenvalue weighted by atomic mass is 9.45. The van der Waals surface area contributed by atoms with E-state index in [0.717, 1.165) is 37.0 Å². The molecule has 0 bridgehead atoms. The second-order valence-electron chi connectivity index (χ2n) is 9.25. The Labute approximate surface area is 135 Å². The Morgan fingerprint density at radius 2 is 1.73 bits per heavy atom. The van der Waals surface area contributed by atoms with Gasteiger partial charge in [-0.2, -0.15) is 0 Å². The van der Waals surface area contributed by atoms with Crippen LogP contribution in [0.2, 0.25) is 0 Å². The van der Waals surface area contributed by atoms with Crippen LogP contribution in [0.4, 0.5) is 0 Å². The molecule has 4 aliphatic rings. The van der Waals surface area contributed by atoms with Crippen molar-refractivity contribution < 1.29 is 9.53 Å². The van der Waals surface area contributed by atoms with Crippen molar-refractivity contribution in [3.05, 3.63) is 0 Å². The molecule has 4 saturated carbocycles. The van der Waals surface area contributed by atoms with Gasteiger partial charge in [0.2, 0.25) is 0 Å². The molecule has 0 N–H and O–H groups in total. The zero-order chi connectivity index (χ0) is 15.5. The second kappa shape index (κ2) is 5.06. The summed E-state index contributed by atoms with van der Waals surface area (Å²) in [6.45, 7) is 5.04. The van der Waals surface area contributed by atoms with Gasteiger partial charge in [0.1, 0.15) is 5.78 Å². The van der Waals surface area contributed by atoms with Crippen molar-refractivity contribution in [3.63, 3.8) is 0 Å². The van der Waals surface area contributed by atoms with E-state index in [1.807, 2.05) is 7.11 Å². The van der Waals surface area contributed by atoms with Crippen molar-refractivity contribution >= 4 is 5.78 Å². The van der Waals surface area contributed by atoms with E-state index in [4.69, 9.17) is 4.74 Å². The maximum Gasteiger partial charge on any atom is 0.133 e. The number of methoxy groups -OCH3 is 1. The molecule has 0 radical (unpaired) electrons. The largest absolute Gasteiger partial charge is 0.381 e. The summed E-state index contributed by atoms with van der Waals surface area (Å²) in [4.78, 5) is 11.9. The van der Waals surface area contributed by atoms with Crippen LogP contribution in [-0.2, 0) is 9.53 Å². The van der Waals surface area contributed by atoms with Crippen molar-refractivity contribution in [1.29, 1.82) is 0 Å². The average molecular weight is 304 g/mol. The molecule has 6 unspecified atom stereocenters. The highest BCUT2D eigenvalue weighted by Crippen LogP contribution is 2.66. The Bertz CT molecular complexity index is 472. The number of ketones is 1. The summed E-state index contributed by atoms with van der Waals surface area (Å²) in [6, 6.07) is 0. The molecule has 0 aromatic carbocycles. The SMILES string of the molecule is COC1CCC2C3CC[C@H]4CC(=O)CCC4(C)C3CCC12C. The van der Waals surface area contributed by atoms with Crippen LogP contribution in [0.15, 0.2) is 0 Å². The smallest absolute Gasteiger partial charge is 0.133 e. The molecule has 0 aliphatic heterocycles. The Hall–Kier alpha value is -0.370. The second-order valence-corrected chi connectivity index (χ2v) is 9.25. The van der Waals surface area contributed by atoms with Gasteiger partial charge in [-0.25, -0.2) is 0 Å². The van der Waals surface area contributed by atoms with Gasteiger partial charge in [-0.3, -0.25) is 4.79 Å². The number of fused-ring (bicyclic) bond motifs is 5. The Morgan fingerprint density at radius 3 is 2.50 bits per heavy atom. The molecule has 2 nitrogen and oxygen atoms in total. The van der Waals surface area contributed by atoms with Crippen LogP contribution in [0.5, 0.6) is 0 Å². The molecule has 0 heterocycles. The number of carbonyl (C=O) groups is 1. The Balaban J connectivity index is 1.62. The van der Waals surface area contributed by atoms with E-state index in [1.165, 1.54) is 38.5 Å². The third-order valence-corrected chi connectivity index (χ3v) is 8.68. The van der Waals surface area contributed by atoms with Crippen LogP contribution in [0.25, 0.3) is 0 Å². The molecule has 4 fully saturated rings. The number of carbonyl (C=O) groups excluding carboxylic acids is 1. The third-order valence-electron chi connectivity index (χ3n) is 8.68. The monoisotopic (exact) mass is 304 g/mol. The predicted octanol–water partition coefficient (Wildman–Crippen LogP) is 4.61. The van der Waals surface area contributed by atoms with Crippen molar-refractivity contribution in [1.82, 2.24) is 0 Å². The van der Waals surface area contributed by atoms with E-state index in [-0.39, 0.29) is 0 Å². The molecular weight excluding hydrogens is 272 g/mol. The van der Waals surface area contributed by atoms with Crippen LogP contribution in [0.1, 0.15) is 71.6 Å². The molecule has 0 aromatic heterocycles. The number of Topliss-reactive ketones (excluding diaryl/α,β-unsaturated/α-hetero) is 1. The zero-order valence-electron chi connectivity index (χ0n) is 14.6. The Morgan fingerprint density at radius 1 is 0.955 bits per heavy atom. The fourth-order valence-electron chi connectivity index (χ4n) is 7.38. The van der Waals surface area contributed by atoms with Gasteiger partial charge < -0.3 is 4.74 Å². The minimum Gasteiger partial charge on any atom is -0.381 e. The highest BCUT2D eigenvalue weighted by molar-refractivity contribution is 5.79. The number of rotatable bonds is 1. The molecule has 4 rings (SSSR count). The van der Waals surface area contributed by atoms with Gasteiger partial charge in [-0.1, -0.05) is 13.8 Å². The van der Waals surface area contributed by atoms with Crippen LogP contribution < -0.4 is 0 Å². The first-order chi connectivity index (χ1) is 10.5. The van der Waals surface area contributed by atoms with Crippen molar-refractivity contribution in [2.24, 2.45) is 34.5 Å². The molecule has 7 atom stereocenters. The predicted molar refractivity (Wildman–Crippen MR) is 87.5 cm³/mol. The van der Waals surface area contributed by atoms with Crippen LogP contribution in [0.3, 0.4) is 0 Å². The quantitative estimate of drug-likeness (QED) is 0.707. The minimum atomic E-state index is 0.420. The van der Waals surface area contributed by atoms with Gasteiger partial charge in [0.25, 0.3) is 0 Å². The molecular formula is C20H32O2. The summed E-state index contributed by atoms with van der Waals surface area (Å²) >= 11 is 0. The minimum absolute atomic E-state index is 0.420. The first-order valence-electron chi connectivity index (χ1n) is 9.53. The van der Waals surface area contributed by atoms with Gasteiger partial charge in [-0.15, -0.1) is 0 Å². The lowest BCUT2D eigenvalue weighted by Gasteiger charge is -2.60. The molecule has 0 spiro atoms. The average Bonchev–Trinajstić information content (AvgIpc) is 2.84. The van der Waals surface area contributed by atoms with Crippen LogP contribution in [-0.4, -0.2) is 19.0 Å². The topological polar surface area (TPSA) is 26.3 Å².